The highest BCUT2D eigenvalue weighted by Crippen LogP contribution is 2.40. The van der Waals surface area contributed by atoms with Crippen LogP contribution in [-0.2, 0) is 15.6 Å². The Hall–Kier alpha value is -2.30. The molecule has 0 radical (unpaired) electrons. The van der Waals surface area contributed by atoms with Gasteiger partial charge in [-0.3, -0.25) is 0 Å². The van der Waals surface area contributed by atoms with Crippen LogP contribution in [0.3, 0.4) is 0 Å². The molecule has 1 aliphatic heterocycles. The van der Waals surface area contributed by atoms with Crippen LogP contribution in [0, 0.1) is 19.3 Å². The smallest absolute Gasteiger partial charge is 0.384 e. The molecule has 1 atom stereocenters. The number of benzene rings is 2. The highest BCUT2D eigenvalue weighted by molar-refractivity contribution is 7.69. The van der Waals surface area contributed by atoms with E-state index in [9.17, 15) is 13.2 Å². The summed E-state index contributed by atoms with van der Waals surface area (Å²) in [6.07, 6.45) is -2.53. The van der Waals surface area contributed by atoms with Gasteiger partial charge in [-0.25, -0.2) is 13.6 Å². The number of thiol groups is 1. The van der Waals surface area contributed by atoms with E-state index in [1.165, 1.54) is 0 Å². The monoisotopic (exact) mass is 501 g/mol. The van der Waals surface area contributed by atoms with Crippen LogP contribution in [-0.4, -0.2) is 41.4 Å². The Balaban J connectivity index is 0.000000945. The standard InChI is InChI=1S/C24H31F3N2O.H3NO2S/c1-17-9-10-19(15-18(17)2)22(24(25,26)27)28-20-7-5-6-8-21(20)29-13-11-23(3,12-14-29)16-30-4;1-4(2)3/h5-10,15,22,28H,11-14,16H2,1-4H3;4H,(H2,1,2,3). The van der Waals surface area contributed by atoms with E-state index in [2.05, 4.69) is 22.3 Å². The van der Waals surface area contributed by atoms with Crippen LogP contribution in [0.4, 0.5) is 24.5 Å². The van der Waals surface area contributed by atoms with Crippen molar-refractivity contribution in [1.29, 1.82) is 0 Å². The number of hydrogen-bond acceptors (Lipinski definition) is 5. The van der Waals surface area contributed by atoms with E-state index in [0.29, 0.717) is 12.3 Å². The molecule has 2 aromatic carbocycles. The molecule has 0 saturated carbocycles. The summed E-state index contributed by atoms with van der Waals surface area (Å²) < 4.78 is 65.0. The van der Waals surface area contributed by atoms with Gasteiger partial charge in [0.05, 0.1) is 18.0 Å². The molecule has 1 heterocycles. The molecule has 190 valence electrons. The van der Waals surface area contributed by atoms with Gasteiger partial charge in [0.2, 0.25) is 0 Å². The van der Waals surface area contributed by atoms with Crippen molar-refractivity contribution in [3.8, 4) is 0 Å². The van der Waals surface area contributed by atoms with Gasteiger partial charge in [0.1, 0.15) is 6.04 Å². The van der Waals surface area contributed by atoms with Crippen molar-refractivity contribution >= 4 is 22.3 Å². The number of ether oxygens (including phenoxy) is 1. The summed E-state index contributed by atoms with van der Waals surface area (Å²) in [4.78, 5) is 2.17. The van der Waals surface area contributed by atoms with Gasteiger partial charge in [0.25, 0.3) is 0 Å². The summed E-state index contributed by atoms with van der Waals surface area (Å²) in [6.45, 7) is 8.22. The van der Waals surface area contributed by atoms with Gasteiger partial charge in [-0.1, -0.05) is 37.3 Å². The lowest BCUT2D eigenvalue weighted by Crippen LogP contribution is -2.41. The highest BCUT2D eigenvalue weighted by atomic mass is 32.2. The highest BCUT2D eigenvalue weighted by Gasteiger charge is 2.41. The van der Waals surface area contributed by atoms with E-state index >= 15 is 0 Å². The van der Waals surface area contributed by atoms with Crippen LogP contribution in [0.15, 0.2) is 42.5 Å². The third kappa shape index (κ3) is 7.89. The van der Waals surface area contributed by atoms with Gasteiger partial charge >= 0.3 is 6.18 Å². The molecular weight excluding hydrogens is 467 g/mol. The van der Waals surface area contributed by atoms with Crippen molar-refractivity contribution in [3.63, 3.8) is 0 Å². The zero-order chi connectivity index (χ0) is 25.5. The van der Waals surface area contributed by atoms with Gasteiger partial charge < -0.3 is 15.0 Å². The number of alkyl halides is 3. The molecule has 1 aliphatic rings. The van der Waals surface area contributed by atoms with E-state index in [4.69, 9.17) is 13.2 Å². The lowest BCUT2D eigenvalue weighted by atomic mass is 9.81. The van der Waals surface area contributed by atoms with Crippen LogP contribution in [0.2, 0.25) is 0 Å². The van der Waals surface area contributed by atoms with Crippen LogP contribution in [0.1, 0.15) is 42.5 Å². The van der Waals surface area contributed by atoms with E-state index in [1.807, 2.05) is 26.0 Å². The van der Waals surface area contributed by atoms with Crippen molar-refractivity contribution in [1.82, 2.24) is 0 Å². The van der Waals surface area contributed by atoms with E-state index in [0.717, 1.165) is 42.7 Å². The quantitative estimate of drug-likeness (QED) is 0.498. The summed E-state index contributed by atoms with van der Waals surface area (Å²) >= 11 is 0. The van der Waals surface area contributed by atoms with Crippen LogP contribution in [0.25, 0.3) is 0 Å². The molecule has 2 aromatic rings. The van der Waals surface area contributed by atoms with Crippen LogP contribution < -0.4 is 15.4 Å². The van der Waals surface area contributed by atoms with Crippen molar-refractivity contribution in [2.45, 2.75) is 45.8 Å². The summed E-state index contributed by atoms with van der Waals surface area (Å²) in [5.74, 6) is 0. The van der Waals surface area contributed by atoms with Gasteiger partial charge in [0.15, 0.2) is 10.9 Å². The second-order valence-corrected chi connectivity index (χ2v) is 9.57. The number of halogens is 3. The number of hydrogen-bond donors (Lipinski definition) is 3. The molecular formula is C24H34F3N3O3S. The Bertz CT molecular complexity index is 1010. The molecule has 1 fully saturated rings. The number of aryl methyl sites for hydroxylation is 2. The second-order valence-electron chi connectivity index (χ2n) is 9.00. The first-order chi connectivity index (χ1) is 15.9. The Morgan fingerprint density at radius 3 is 2.24 bits per heavy atom. The number of methoxy groups -OCH3 is 1. The molecule has 0 amide bonds. The Morgan fingerprint density at radius 2 is 1.71 bits per heavy atom. The minimum absolute atomic E-state index is 0.113. The number of anilines is 2. The van der Waals surface area contributed by atoms with Gasteiger partial charge in [0, 0.05) is 20.2 Å². The fourth-order valence-electron chi connectivity index (χ4n) is 4.11. The van der Waals surface area contributed by atoms with Crippen molar-refractivity contribution < 1.29 is 26.3 Å². The first-order valence-corrected chi connectivity index (χ1v) is 12.2. The third-order valence-corrected chi connectivity index (χ3v) is 6.20. The zero-order valence-electron chi connectivity index (χ0n) is 20.0. The lowest BCUT2D eigenvalue weighted by Gasteiger charge is -2.41. The molecule has 3 rings (SSSR count). The topological polar surface area (TPSA) is 84.7 Å². The lowest BCUT2D eigenvalue weighted by molar-refractivity contribution is -0.144. The molecule has 0 aliphatic carbocycles. The van der Waals surface area contributed by atoms with Crippen molar-refractivity contribution in [3.05, 3.63) is 59.2 Å². The molecule has 34 heavy (non-hydrogen) atoms. The maximum absolute atomic E-state index is 14.0. The van der Waals surface area contributed by atoms with Crippen molar-refractivity contribution in [2.24, 2.45) is 10.6 Å². The van der Waals surface area contributed by atoms with Gasteiger partial charge in [-0.2, -0.15) is 13.2 Å². The average molecular weight is 502 g/mol. The minimum atomic E-state index is -4.41. The number of nitrogens with one attached hydrogen (secondary N) is 1. The molecule has 1 saturated heterocycles. The van der Waals surface area contributed by atoms with E-state index in [1.54, 1.807) is 37.4 Å². The number of rotatable bonds is 6. The second kappa shape index (κ2) is 11.9. The maximum atomic E-state index is 14.0. The van der Waals surface area contributed by atoms with Crippen LogP contribution >= 0.6 is 0 Å². The summed E-state index contributed by atoms with van der Waals surface area (Å²) in [6, 6.07) is 10.5. The van der Waals surface area contributed by atoms with Gasteiger partial charge in [-0.05, 0) is 60.9 Å². The Morgan fingerprint density at radius 1 is 1.12 bits per heavy atom. The fraction of sp³-hybridized carbons (Fsp3) is 0.500. The largest absolute Gasteiger partial charge is 0.412 e. The summed E-state index contributed by atoms with van der Waals surface area (Å²) in [5.41, 5.74) is 3.50. The van der Waals surface area contributed by atoms with E-state index < -0.39 is 23.1 Å². The fourth-order valence-corrected chi connectivity index (χ4v) is 4.11. The first kappa shape index (κ1) is 27.9. The molecule has 0 aromatic heterocycles. The average Bonchev–Trinajstić information content (AvgIpc) is 2.74. The van der Waals surface area contributed by atoms with Crippen LogP contribution in [0.5, 0.6) is 0 Å². The Kier molecular flexibility index (Phi) is 9.78. The maximum Gasteiger partial charge on any atom is 0.412 e. The minimum Gasteiger partial charge on any atom is -0.384 e. The molecule has 6 nitrogen and oxygen atoms in total. The number of nitrogens with zero attached hydrogens (tertiary/aromatic N) is 1. The summed E-state index contributed by atoms with van der Waals surface area (Å²) in [5, 5.41) is 6.87. The number of nitrogens with two attached hydrogens (primary N) is 1. The third-order valence-electron chi connectivity index (χ3n) is 6.20. The normalized spacial score (nSPS) is 16.6. The SMILES string of the molecule is COCC1(C)CCN(c2ccccc2NC(c2ccc(C)c(C)c2)C(F)(F)F)CC1.N[SH](=O)=O. The Labute approximate surface area is 201 Å². The zero-order valence-corrected chi connectivity index (χ0v) is 20.9. The van der Waals surface area contributed by atoms with E-state index in [-0.39, 0.29) is 11.0 Å². The van der Waals surface area contributed by atoms with Gasteiger partial charge in [-0.15, -0.1) is 0 Å². The molecule has 0 bridgehead atoms. The molecule has 0 spiro atoms. The number of para-hydroxylation sites is 2. The molecule has 10 heteroatoms. The summed E-state index contributed by atoms with van der Waals surface area (Å²) in [7, 11) is -0.911. The van der Waals surface area contributed by atoms with Crippen molar-refractivity contribution in [2.75, 3.05) is 37.0 Å². The predicted molar refractivity (Wildman–Crippen MR) is 131 cm³/mol. The first-order valence-electron chi connectivity index (χ1n) is 11.0. The number of piperidine rings is 1. The molecule has 3 N–H and O–H groups in total. The molecule has 1 unspecified atom stereocenters. The predicted octanol–water partition coefficient (Wildman–Crippen LogP) is 4.74.